The van der Waals surface area contributed by atoms with Crippen LogP contribution in [0.1, 0.15) is 24.4 Å². The number of hydrogen-bond donors (Lipinski definition) is 2. The van der Waals surface area contributed by atoms with Crippen molar-refractivity contribution < 1.29 is 0 Å². The molecule has 2 aromatic rings. The Morgan fingerprint density at radius 2 is 1.79 bits per heavy atom. The Morgan fingerprint density at radius 1 is 1.05 bits per heavy atom. The number of fused-ring (bicyclic) bond motifs is 1. The normalized spacial score (nSPS) is 18.4. The van der Waals surface area contributed by atoms with E-state index < -0.39 is 0 Å². The average Bonchev–Trinajstić information content (AvgIpc) is 3.21. The molecule has 2 aromatic carbocycles. The Bertz CT molecular complexity index is 567. The van der Waals surface area contributed by atoms with Crippen LogP contribution in [0.3, 0.4) is 0 Å². The van der Waals surface area contributed by atoms with Crippen molar-refractivity contribution in [2.24, 2.45) is 5.41 Å². The van der Waals surface area contributed by atoms with Crippen LogP contribution in [0.5, 0.6) is 0 Å². The summed E-state index contributed by atoms with van der Waals surface area (Å²) in [6, 6.07) is 15.8. The zero-order valence-corrected chi connectivity index (χ0v) is 11.7. The van der Waals surface area contributed by atoms with Gasteiger partial charge >= 0.3 is 0 Å². The lowest BCUT2D eigenvalue weighted by Crippen LogP contribution is -2.33. The second kappa shape index (κ2) is 4.95. The first-order valence-electron chi connectivity index (χ1n) is 7.10. The van der Waals surface area contributed by atoms with Gasteiger partial charge in [-0.3, -0.25) is 0 Å². The van der Waals surface area contributed by atoms with Gasteiger partial charge in [-0.05, 0) is 43.3 Å². The molecule has 3 rings (SSSR count). The fraction of sp³-hybridized carbons (Fsp3) is 0.412. The monoisotopic (exact) mass is 254 g/mol. The molecule has 0 saturated heterocycles. The van der Waals surface area contributed by atoms with Crippen molar-refractivity contribution in [3.8, 4) is 0 Å². The maximum atomic E-state index is 3.56. The summed E-state index contributed by atoms with van der Waals surface area (Å²) in [4.78, 5) is 0. The standard InChI is InChI=1S/C17H22N2/c1-18-12-17(10-11-17)16(19-2)15-9-5-7-13-6-3-4-8-14(13)15/h3-9,16,18-19H,10-12H2,1-2H3. The summed E-state index contributed by atoms with van der Waals surface area (Å²) in [7, 11) is 4.14. The Labute approximate surface area is 115 Å². The van der Waals surface area contributed by atoms with Crippen molar-refractivity contribution in [3.05, 3.63) is 48.0 Å². The van der Waals surface area contributed by atoms with Crippen LogP contribution < -0.4 is 10.6 Å². The first-order valence-corrected chi connectivity index (χ1v) is 7.10. The van der Waals surface area contributed by atoms with Gasteiger partial charge in [0.2, 0.25) is 0 Å². The molecule has 0 amide bonds. The highest BCUT2D eigenvalue weighted by molar-refractivity contribution is 5.86. The number of benzene rings is 2. The number of nitrogens with one attached hydrogen (secondary N) is 2. The van der Waals surface area contributed by atoms with Gasteiger partial charge in [0.25, 0.3) is 0 Å². The topological polar surface area (TPSA) is 24.1 Å². The van der Waals surface area contributed by atoms with Crippen molar-refractivity contribution in [2.45, 2.75) is 18.9 Å². The third-order valence-electron chi connectivity index (χ3n) is 4.46. The summed E-state index contributed by atoms with van der Waals surface area (Å²) in [5.74, 6) is 0. The van der Waals surface area contributed by atoms with Crippen LogP contribution in [0.15, 0.2) is 42.5 Å². The molecule has 0 bridgehead atoms. The zero-order valence-electron chi connectivity index (χ0n) is 11.7. The quantitative estimate of drug-likeness (QED) is 0.856. The van der Waals surface area contributed by atoms with E-state index >= 15 is 0 Å². The minimum absolute atomic E-state index is 0.396. The van der Waals surface area contributed by atoms with Crippen LogP contribution in [-0.2, 0) is 0 Å². The second-order valence-corrected chi connectivity index (χ2v) is 5.68. The minimum atomic E-state index is 0.396. The molecule has 0 aromatic heterocycles. The Kier molecular flexibility index (Phi) is 3.29. The van der Waals surface area contributed by atoms with Gasteiger partial charge < -0.3 is 10.6 Å². The maximum Gasteiger partial charge on any atom is 0.0393 e. The van der Waals surface area contributed by atoms with Crippen molar-refractivity contribution in [3.63, 3.8) is 0 Å². The summed E-state index contributed by atoms with van der Waals surface area (Å²) in [6.07, 6.45) is 2.62. The molecule has 100 valence electrons. The number of rotatable bonds is 5. The third kappa shape index (κ3) is 2.15. The van der Waals surface area contributed by atoms with Gasteiger partial charge in [0.1, 0.15) is 0 Å². The summed E-state index contributed by atoms with van der Waals surface area (Å²) < 4.78 is 0. The van der Waals surface area contributed by atoms with E-state index in [9.17, 15) is 0 Å². The van der Waals surface area contributed by atoms with Gasteiger partial charge in [-0.2, -0.15) is 0 Å². The lowest BCUT2D eigenvalue weighted by molar-refractivity contribution is 0.348. The molecule has 1 aliphatic carbocycles. The molecule has 1 saturated carbocycles. The first kappa shape index (κ1) is 12.6. The molecule has 2 nitrogen and oxygen atoms in total. The van der Waals surface area contributed by atoms with E-state index in [-0.39, 0.29) is 0 Å². The molecular weight excluding hydrogens is 232 g/mol. The predicted molar refractivity (Wildman–Crippen MR) is 81.3 cm³/mol. The zero-order chi connectivity index (χ0) is 13.3. The van der Waals surface area contributed by atoms with E-state index in [1.54, 1.807) is 0 Å². The van der Waals surface area contributed by atoms with Gasteiger partial charge in [0.05, 0.1) is 0 Å². The molecule has 1 fully saturated rings. The Hall–Kier alpha value is -1.38. The van der Waals surface area contributed by atoms with E-state index in [0.29, 0.717) is 11.5 Å². The average molecular weight is 254 g/mol. The highest BCUT2D eigenvalue weighted by atomic mass is 15.0. The molecule has 1 unspecified atom stereocenters. The van der Waals surface area contributed by atoms with Crippen LogP contribution in [-0.4, -0.2) is 20.6 Å². The molecule has 1 aliphatic rings. The minimum Gasteiger partial charge on any atom is -0.319 e. The van der Waals surface area contributed by atoms with Crippen molar-refractivity contribution in [1.29, 1.82) is 0 Å². The molecule has 2 heteroatoms. The van der Waals surface area contributed by atoms with Crippen molar-refractivity contribution in [1.82, 2.24) is 10.6 Å². The summed E-state index contributed by atoms with van der Waals surface area (Å²) >= 11 is 0. The van der Waals surface area contributed by atoms with Crippen molar-refractivity contribution >= 4 is 10.8 Å². The lowest BCUT2D eigenvalue weighted by atomic mass is 9.87. The summed E-state index contributed by atoms with van der Waals surface area (Å²) in [6.45, 7) is 1.09. The fourth-order valence-electron chi connectivity index (χ4n) is 3.37. The largest absolute Gasteiger partial charge is 0.319 e. The van der Waals surface area contributed by atoms with Crippen LogP contribution in [0.2, 0.25) is 0 Å². The molecule has 0 heterocycles. The molecular formula is C17H22N2. The van der Waals surface area contributed by atoms with Gasteiger partial charge in [0, 0.05) is 18.0 Å². The maximum absolute atomic E-state index is 3.56. The molecule has 0 radical (unpaired) electrons. The van der Waals surface area contributed by atoms with Crippen LogP contribution >= 0.6 is 0 Å². The van der Waals surface area contributed by atoms with Gasteiger partial charge in [0.15, 0.2) is 0 Å². The smallest absolute Gasteiger partial charge is 0.0393 e. The summed E-state index contributed by atoms with van der Waals surface area (Å²) in [5, 5.41) is 9.64. The van der Waals surface area contributed by atoms with Crippen molar-refractivity contribution in [2.75, 3.05) is 20.6 Å². The SMILES string of the molecule is CNCC1(C(NC)c2cccc3ccccc23)CC1. The van der Waals surface area contributed by atoms with E-state index in [1.165, 1.54) is 29.2 Å². The van der Waals surface area contributed by atoms with Gasteiger partial charge in [-0.25, -0.2) is 0 Å². The number of hydrogen-bond acceptors (Lipinski definition) is 2. The predicted octanol–water partition coefficient (Wildman–Crippen LogP) is 3.10. The Balaban J connectivity index is 2.07. The molecule has 1 atom stereocenters. The lowest BCUT2D eigenvalue weighted by Gasteiger charge is -2.28. The van der Waals surface area contributed by atoms with Crippen LogP contribution in [0, 0.1) is 5.41 Å². The van der Waals surface area contributed by atoms with E-state index in [4.69, 9.17) is 0 Å². The highest BCUT2D eigenvalue weighted by Gasteiger charge is 2.48. The van der Waals surface area contributed by atoms with Crippen LogP contribution in [0.25, 0.3) is 10.8 Å². The highest BCUT2D eigenvalue weighted by Crippen LogP contribution is 2.55. The molecule has 19 heavy (non-hydrogen) atoms. The Morgan fingerprint density at radius 3 is 2.47 bits per heavy atom. The van der Waals surface area contributed by atoms with Gasteiger partial charge in [-0.15, -0.1) is 0 Å². The van der Waals surface area contributed by atoms with E-state index in [1.807, 2.05) is 0 Å². The fourth-order valence-corrected chi connectivity index (χ4v) is 3.37. The van der Waals surface area contributed by atoms with Gasteiger partial charge in [-0.1, -0.05) is 42.5 Å². The third-order valence-corrected chi connectivity index (χ3v) is 4.46. The van der Waals surface area contributed by atoms with E-state index in [2.05, 4.69) is 67.2 Å². The first-order chi connectivity index (χ1) is 9.30. The molecule has 2 N–H and O–H groups in total. The van der Waals surface area contributed by atoms with Crippen LogP contribution in [0.4, 0.5) is 0 Å². The molecule has 0 spiro atoms. The molecule has 0 aliphatic heterocycles. The summed E-state index contributed by atoms with van der Waals surface area (Å²) in [5.41, 5.74) is 1.83. The van der Waals surface area contributed by atoms with E-state index in [0.717, 1.165) is 6.54 Å². The second-order valence-electron chi connectivity index (χ2n) is 5.68.